The summed E-state index contributed by atoms with van der Waals surface area (Å²) in [5, 5.41) is 30.8. The lowest BCUT2D eigenvalue weighted by Gasteiger charge is -2.41. The van der Waals surface area contributed by atoms with Crippen LogP contribution in [0, 0.1) is 0 Å². The molecule has 4 rings (SSSR count). The van der Waals surface area contributed by atoms with Crippen LogP contribution in [0.25, 0.3) is 0 Å². The first-order chi connectivity index (χ1) is 17.3. The van der Waals surface area contributed by atoms with Crippen molar-refractivity contribution in [1.82, 2.24) is 9.79 Å². The number of aliphatic hydroxyl groups is 3. The minimum absolute atomic E-state index is 0.00377. The summed E-state index contributed by atoms with van der Waals surface area (Å²) in [4.78, 5) is 17.9. The number of benzene rings is 3. The molecule has 0 bridgehead atoms. The molecule has 190 valence electrons. The summed E-state index contributed by atoms with van der Waals surface area (Å²) in [5.74, 6) is -0.0357. The van der Waals surface area contributed by atoms with Crippen LogP contribution in [0.3, 0.4) is 0 Å². The van der Waals surface area contributed by atoms with Crippen LogP contribution in [0.5, 0.6) is 11.5 Å². The van der Waals surface area contributed by atoms with Gasteiger partial charge >= 0.3 is 0 Å². The zero-order chi connectivity index (χ0) is 25.7. The largest absolute Gasteiger partial charge is 0.457 e. The number of amides is 1. The molecule has 0 aliphatic carbocycles. The second kappa shape index (κ2) is 11.2. The van der Waals surface area contributed by atoms with Crippen molar-refractivity contribution in [2.45, 2.75) is 35.9 Å². The maximum atomic E-state index is 13.4. The Kier molecular flexibility index (Phi) is 7.99. The van der Waals surface area contributed by atoms with Gasteiger partial charge in [-0.2, -0.15) is 4.31 Å². The van der Waals surface area contributed by atoms with Crippen molar-refractivity contribution < 1.29 is 38.1 Å². The molecule has 3 aromatic rings. The first-order valence-corrected chi connectivity index (χ1v) is 12.6. The van der Waals surface area contributed by atoms with E-state index in [2.05, 4.69) is 5.48 Å². The van der Waals surface area contributed by atoms with E-state index in [0.717, 1.165) is 5.56 Å². The van der Waals surface area contributed by atoms with E-state index in [1.807, 2.05) is 12.1 Å². The van der Waals surface area contributed by atoms with Crippen LogP contribution in [-0.2, 0) is 26.3 Å². The lowest BCUT2D eigenvalue weighted by molar-refractivity contribution is -0.158. The Balaban J connectivity index is 1.52. The van der Waals surface area contributed by atoms with Gasteiger partial charge in [-0.15, -0.1) is 0 Å². The van der Waals surface area contributed by atoms with Gasteiger partial charge in [-0.05, 0) is 42.0 Å². The molecular weight excluding hydrogens is 488 g/mol. The highest BCUT2D eigenvalue weighted by Crippen LogP contribution is 2.29. The zero-order valence-corrected chi connectivity index (χ0v) is 19.9. The SMILES string of the molecule is O=C(NOCc1ccccc1)[C@H]1[C@@H](O)[C@H](O)[C@@H](O)CN1S(=O)(=O)c1ccc(Oc2ccccc2)cc1. The maximum Gasteiger partial charge on any atom is 0.264 e. The normalized spacial score (nSPS) is 22.6. The summed E-state index contributed by atoms with van der Waals surface area (Å²) in [6.45, 7) is -0.615. The topological polar surface area (TPSA) is 146 Å². The van der Waals surface area contributed by atoms with Crippen LogP contribution in [-0.4, -0.2) is 64.8 Å². The first-order valence-electron chi connectivity index (χ1n) is 11.1. The number of carbonyl (C=O) groups excluding carboxylic acids is 1. The fourth-order valence-electron chi connectivity index (χ4n) is 3.79. The smallest absolute Gasteiger partial charge is 0.264 e. The summed E-state index contributed by atoms with van der Waals surface area (Å²) in [6, 6.07) is 21.6. The number of ether oxygens (including phenoxy) is 1. The number of nitrogens with one attached hydrogen (secondary N) is 1. The Morgan fingerprint density at radius 1 is 0.861 bits per heavy atom. The number of carbonyl (C=O) groups is 1. The average Bonchev–Trinajstić information content (AvgIpc) is 2.88. The molecule has 1 amide bonds. The molecule has 1 saturated heterocycles. The molecule has 36 heavy (non-hydrogen) atoms. The molecule has 0 aromatic heterocycles. The van der Waals surface area contributed by atoms with Crippen molar-refractivity contribution in [3.05, 3.63) is 90.5 Å². The van der Waals surface area contributed by atoms with E-state index in [-0.39, 0.29) is 11.5 Å². The molecular formula is C25H26N2O8S. The molecule has 1 fully saturated rings. The monoisotopic (exact) mass is 514 g/mol. The van der Waals surface area contributed by atoms with Gasteiger partial charge in [0.1, 0.15) is 29.7 Å². The van der Waals surface area contributed by atoms with Gasteiger partial charge in [0.15, 0.2) is 0 Å². The molecule has 1 aliphatic heterocycles. The maximum absolute atomic E-state index is 13.4. The number of hydrogen-bond acceptors (Lipinski definition) is 8. The second-order valence-electron chi connectivity index (χ2n) is 8.20. The Bertz CT molecular complexity index is 1260. The summed E-state index contributed by atoms with van der Waals surface area (Å²) in [7, 11) is -4.38. The number of piperidine rings is 1. The first kappa shape index (κ1) is 25.8. The van der Waals surface area contributed by atoms with Crippen LogP contribution in [0.4, 0.5) is 0 Å². The highest BCUT2D eigenvalue weighted by atomic mass is 32.2. The fourth-order valence-corrected chi connectivity index (χ4v) is 5.41. The molecule has 1 aliphatic rings. The van der Waals surface area contributed by atoms with Crippen molar-refractivity contribution >= 4 is 15.9 Å². The van der Waals surface area contributed by atoms with Crippen LogP contribution in [0.15, 0.2) is 89.8 Å². The number of hydroxylamine groups is 1. The van der Waals surface area contributed by atoms with Crippen molar-refractivity contribution in [1.29, 1.82) is 0 Å². The van der Waals surface area contributed by atoms with E-state index >= 15 is 0 Å². The quantitative estimate of drug-likeness (QED) is 0.328. The number of β-amino-alcohol motifs (C(OH)–C–C–N with tert-alkyl or cyclic N) is 1. The Hall–Kier alpha value is -3.32. The van der Waals surface area contributed by atoms with Crippen molar-refractivity contribution in [2.75, 3.05) is 6.54 Å². The van der Waals surface area contributed by atoms with Crippen LogP contribution in [0.1, 0.15) is 5.56 Å². The number of aliphatic hydroxyl groups excluding tert-OH is 3. The minimum Gasteiger partial charge on any atom is -0.457 e. The molecule has 11 heteroatoms. The van der Waals surface area contributed by atoms with E-state index in [1.165, 1.54) is 24.3 Å². The molecule has 0 spiro atoms. The molecule has 3 aromatic carbocycles. The van der Waals surface area contributed by atoms with E-state index in [0.29, 0.717) is 15.8 Å². The standard InChI is InChI=1S/C25H26N2O8S/c28-21-15-27(22(24(30)23(21)29)25(31)26-34-16-17-7-3-1-4-8-17)36(32,33)20-13-11-19(12-14-20)35-18-9-5-2-6-10-18/h1-14,21-24,28-30H,15-16H2,(H,26,31)/t21-,22+,23+,24+/m0/s1. The Morgan fingerprint density at radius 2 is 1.44 bits per heavy atom. The number of hydrogen-bond donors (Lipinski definition) is 4. The summed E-state index contributed by atoms with van der Waals surface area (Å²) >= 11 is 0. The zero-order valence-electron chi connectivity index (χ0n) is 19.0. The van der Waals surface area contributed by atoms with Gasteiger partial charge in [-0.1, -0.05) is 48.5 Å². The summed E-state index contributed by atoms with van der Waals surface area (Å²) in [5.41, 5.74) is 2.89. The predicted octanol–water partition coefficient (Wildman–Crippen LogP) is 1.18. The number of nitrogens with zero attached hydrogens (tertiary/aromatic N) is 1. The number of sulfonamides is 1. The van der Waals surface area contributed by atoms with Crippen molar-refractivity contribution in [3.63, 3.8) is 0 Å². The summed E-state index contributed by atoms with van der Waals surface area (Å²) < 4.78 is 33.2. The van der Waals surface area contributed by atoms with Crippen molar-refractivity contribution in [2.24, 2.45) is 0 Å². The van der Waals surface area contributed by atoms with E-state index in [4.69, 9.17) is 9.57 Å². The molecule has 0 unspecified atom stereocenters. The second-order valence-corrected chi connectivity index (χ2v) is 10.1. The van der Waals surface area contributed by atoms with E-state index < -0.39 is 46.8 Å². The lowest BCUT2D eigenvalue weighted by atomic mass is 9.95. The van der Waals surface area contributed by atoms with Gasteiger partial charge in [0, 0.05) is 6.54 Å². The molecule has 4 atom stereocenters. The van der Waals surface area contributed by atoms with Gasteiger partial charge in [-0.3, -0.25) is 9.63 Å². The third kappa shape index (κ3) is 5.73. The van der Waals surface area contributed by atoms with Gasteiger partial charge in [0.2, 0.25) is 10.0 Å². The van der Waals surface area contributed by atoms with E-state index in [1.54, 1.807) is 48.5 Å². The van der Waals surface area contributed by atoms with Crippen LogP contribution in [0.2, 0.25) is 0 Å². The van der Waals surface area contributed by atoms with E-state index in [9.17, 15) is 28.5 Å². The Labute approximate surface area is 208 Å². The third-order valence-corrected chi connectivity index (χ3v) is 7.54. The van der Waals surface area contributed by atoms with Crippen LogP contribution < -0.4 is 10.2 Å². The van der Waals surface area contributed by atoms with Crippen LogP contribution >= 0.6 is 0 Å². The van der Waals surface area contributed by atoms with Gasteiger partial charge < -0.3 is 20.1 Å². The molecule has 4 N–H and O–H groups in total. The predicted molar refractivity (Wildman–Crippen MR) is 128 cm³/mol. The molecule has 1 heterocycles. The summed E-state index contributed by atoms with van der Waals surface area (Å²) in [6.07, 6.45) is -5.24. The van der Waals surface area contributed by atoms with Gasteiger partial charge in [0.05, 0.1) is 17.6 Å². The average molecular weight is 515 g/mol. The number of rotatable bonds is 8. The molecule has 0 radical (unpaired) electrons. The fraction of sp³-hybridized carbons (Fsp3) is 0.240. The third-order valence-electron chi connectivity index (χ3n) is 5.68. The van der Waals surface area contributed by atoms with Gasteiger partial charge in [-0.25, -0.2) is 13.9 Å². The highest BCUT2D eigenvalue weighted by molar-refractivity contribution is 7.89. The lowest BCUT2D eigenvalue weighted by Crippen LogP contribution is -2.66. The number of para-hydroxylation sites is 1. The Morgan fingerprint density at radius 3 is 2.08 bits per heavy atom. The molecule has 0 saturated carbocycles. The molecule has 10 nitrogen and oxygen atoms in total. The van der Waals surface area contributed by atoms with Crippen molar-refractivity contribution in [3.8, 4) is 11.5 Å². The highest BCUT2D eigenvalue weighted by Gasteiger charge is 2.50. The minimum atomic E-state index is -4.38. The van der Waals surface area contributed by atoms with Gasteiger partial charge in [0.25, 0.3) is 5.91 Å².